The van der Waals surface area contributed by atoms with Crippen LogP contribution >= 0.6 is 0 Å². The van der Waals surface area contributed by atoms with Gasteiger partial charge in [-0.1, -0.05) is 56.5 Å². The summed E-state index contributed by atoms with van der Waals surface area (Å²) in [5, 5.41) is 19.9. The number of nitrogens with zero attached hydrogens (tertiary/aromatic N) is 1. The largest absolute Gasteiger partial charge is 0.497 e. The van der Waals surface area contributed by atoms with Gasteiger partial charge < -0.3 is 35.5 Å². The Bertz CT molecular complexity index is 1480. The summed E-state index contributed by atoms with van der Waals surface area (Å²) in [5.41, 5.74) is 1.59. The first-order valence-electron chi connectivity index (χ1n) is 15.2. The normalized spacial score (nSPS) is 11.2. The molecule has 3 aromatic rings. The van der Waals surface area contributed by atoms with Crippen LogP contribution in [0.4, 0.5) is 4.79 Å². The third-order valence-electron chi connectivity index (χ3n) is 7.00. The summed E-state index contributed by atoms with van der Waals surface area (Å²) in [6.07, 6.45) is 2.58. The molecule has 14 nitrogen and oxygen atoms in total. The first-order chi connectivity index (χ1) is 22.7. The minimum absolute atomic E-state index is 0.0243. The standard InChI is InChI=1S/C33H41N5O9/c1-3-4-6-11-24(19-38(22-39)46-20-23-9-7-5-8-10-23)30(40)36-21-37-32(42)29-13-12-28(47-29)25-16-26(18-27(17-25)45-2)31(41)34-14-15-35-33(43)44/h5,7-10,12-13,16-18,22,24,35H,3-4,6,11,14-15,19-21H2,1-2H3,(H,34,41)(H,36,40)(H,37,42)(H,43,44). The number of rotatable bonds is 20. The summed E-state index contributed by atoms with van der Waals surface area (Å²) in [5.74, 6) is -1.28. The van der Waals surface area contributed by atoms with Gasteiger partial charge in [0.1, 0.15) is 18.1 Å². The van der Waals surface area contributed by atoms with Crippen molar-refractivity contribution in [2.75, 3.05) is 33.4 Å². The summed E-state index contributed by atoms with van der Waals surface area (Å²) in [7, 11) is 1.44. The van der Waals surface area contributed by atoms with Crippen LogP contribution < -0.4 is 26.0 Å². The number of methoxy groups -OCH3 is 1. The Kier molecular flexibility index (Phi) is 14.8. The molecule has 5 N–H and O–H groups in total. The van der Waals surface area contributed by atoms with Gasteiger partial charge in [0.25, 0.3) is 11.8 Å². The highest BCUT2D eigenvalue weighted by Gasteiger charge is 2.22. The van der Waals surface area contributed by atoms with Gasteiger partial charge in [-0.3, -0.25) is 24.0 Å². The van der Waals surface area contributed by atoms with Crippen LogP contribution in [-0.2, 0) is 21.0 Å². The van der Waals surface area contributed by atoms with Gasteiger partial charge in [-0.2, -0.15) is 0 Å². The number of carbonyl (C=O) groups excluding carboxylic acids is 4. The average molecular weight is 652 g/mol. The maximum absolute atomic E-state index is 13.1. The second-order valence-electron chi connectivity index (χ2n) is 10.5. The van der Waals surface area contributed by atoms with E-state index in [1.54, 1.807) is 18.2 Å². The molecule has 3 rings (SSSR count). The monoisotopic (exact) mass is 651 g/mol. The molecule has 5 amide bonds. The fourth-order valence-corrected chi connectivity index (χ4v) is 4.52. The second-order valence-corrected chi connectivity index (χ2v) is 10.5. The Hall–Kier alpha value is -5.37. The van der Waals surface area contributed by atoms with Crippen molar-refractivity contribution in [3.63, 3.8) is 0 Å². The predicted molar refractivity (Wildman–Crippen MR) is 171 cm³/mol. The van der Waals surface area contributed by atoms with E-state index in [9.17, 15) is 24.0 Å². The van der Waals surface area contributed by atoms with Crippen LogP contribution in [0.2, 0.25) is 0 Å². The fourth-order valence-electron chi connectivity index (χ4n) is 4.52. The zero-order valence-corrected chi connectivity index (χ0v) is 26.5. The average Bonchev–Trinajstić information content (AvgIpc) is 3.58. The molecule has 0 bridgehead atoms. The van der Waals surface area contributed by atoms with Gasteiger partial charge in [0.2, 0.25) is 12.3 Å². The van der Waals surface area contributed by atoms with E-state index in [2.05, 4.69) is 28.2 Å². The van der Waals surface area contributed by atoms with Crippen LogP contribution in [0.5, 0.6) is 5.75 Å². The number of hydrogen-bond donors (Lipinski definition) is 5. The van der Waals surface area contributed by atoms with E-state index in [4.69, 9.17) is 19.1 Å². The van der Waals surface area contributed by atoms with Gasteiger partial charge >= 0.3 is 6.09 Å². The topological polar surface area (TPSA) is 189 Å². The van der Waals surface area contributed by atoms with Crippen molar-refractivity contribution in [2.24, 2.45) is 5.92 Å². The van der Waals surface area contributed by atoms with Crippen molar-refractivity contribution in [1.82, 2.24) is 26.3 Å². The SMILES string of the molecule is CCCCCC(CN(C=O)OCc1ccccc1)C(=O)NCNC(=O)c1ccc(-c2cc(OC)cc(C(=O)NCCNC(=O)O)c2)o1. The molecule has 47 heavy (non-hydrogen) atoms. The van der Waals surface area contributed by atoms with E-state index < -0.39 is 23.8 Å². The summed E-state index contributed by atoms with van der Waals surface area (Å²) < 4.78 is 11.0. The van der Waals surface area contributed by atoms with E-state index in [0.717, 1.165) is 29.9 Å². The molecule has 0 aliphatic rings. The van der Waals surface area contributed by atoms with E-state index in [0.29, 0.717) is 29.9 Å². The minimum Gasteiger partial charge on any atom is -0.497 e. The number of benzene rings is 2. The highest BCUT2D eigenvalue weighted by Crippen LogP contribution is 2.28. The lowest BCUT2D eigenvalue weighted by Crippen LogP contribution is -2.43. The Balaban J connectivity index is 1.57. The van der Waals surface area contributed by atoms with E-state index in [1.165, 1.54) is 19.2 Å². The van der Waals surface area contributed by atoms with Crippen molar-refractivity contribution in [2.45, 2.75) is 39.2 Å². The van der Waals surface area contributed by atoms with Crippen molar-refractivity contribution >= 4 is 30.2 Å². The van der Waals surface area contributed by atoms with Crippen LogP contribution in [0.1, 0.15) is 59.1 Å². The summed E-state index contributed by atoms with van der Waals surface area (Å²) in [6.45, 7) is 2.23. The molecule has 1 unspecified atom stereocenters. The number of furan rings is 1. The molecule has 1 atom stereocenters. The molecular formula is C33H41N5O9. The molecule has 2 aromatic carbocycles. The Morgan fingerprint density at radius 3 is 2.40 bits per heavy atom. The van der Waals surface area contributed by atoms with Gasteiger partial charge in [-0.05, 0) is 42.3 Å². The van der Waals surface area contributed by atoms with Gasteiger partial charge in [0.15, 0.2) is 5.76 Å². The zero-order chi connectivity index (χ0) is 34.0. The third-order valence-corrected chi connectivity index (χ3v) is 7.00. The number of carbonyl (C=O) groups is 5. The smallest absolute Gasteiger partial charge is 0.404 e. The molecule has 0 radical (unpaired) electrons. The third kappa shape index (κ3) is 12.2. The number of ether oxygens (including phenoxy) is 1. The number of unbranched alkanes of at least 4 members (excludes halogenated alkanes) is 2. The van der Waals surface area contributed by atoms with Gasteiger partial charge in [0.05, 0.1) is 26.2 Å². The van der Waals surface area contributed by atoms with Crippen molar-refractivity contribution in [3.8, 4) is 17.1 Å². The molecule has 0 saturated heterocycles. The van der Waals surface area contributed by atoms with E-state index in [-0.39, 0.29) is 50.1 Å². The summed E-state index contributed by atoms with van der Waals surface area (Å²) in [6, 6.07) is 17.1. The molecule has 0 fully saturated rings. The van der Waals surface area contributed by atoms with Gasteiger partial charge in [-0.15, -0.1) is 0 Å². The molecule has 14 heteroatoms. The maximum atomic E-state index is 13.1. The lowest BCUT2D eigenvalue weighted by molar-refractivity contribution is -0.182. The van der Waals surface area contributed by atoms with Crippen molar-refractivity contribution in [3.05, 3.63) is 77.6 Å². The molecule has 252 valence electrons. The molecule has 0 aliphatic heterocycles. The minimum atomic E-state index is -1.19. The molecule has 0 spiro atoms. The highest BCUT2D eigenvalue weighted by atomic mass is 16.7. The number of hydrogen-bond acceptors (Lipinski definition) is 8. The summed E-state index contributed by atoms with van der Waals surface area (Å²) in [4.78, 5) is 66.4. The molecule has 1 heterocycles. The maximum Gasteiger partial charge on any atom is 0.404 e. The van der Waals surface area contributed by atoms with Crippen molar-refractivity contribution < 1.29 is 43.1 Å². The number of hydroxylamine groups is 2. The van der Waals surface area contributed by atoms with Gasteiger partial charge in [0, 0.05) is 24.2 Å². The lowest BCUT2D eigenvalue weighted by Gasteiger charge is -2.23. The second kappa shape index (κ2) is 19.2. The molecule has 1 aromatic heterocycles. The van der Waals surface area contributed by atoms with Crippen LogP contribution in [0.3, 0.4) is 0 Å². The Morgan fingerprint density at radius 1 is 0.936 bits per heavy atom. The Morgan fingerprint density at radius 2 is 1.70 bits per heavy atom. The zero-order valence-electron chi connectivity index (χ0n) is 26.5. The van der Waals surface area contributed by atoms with Crippen LogP contribution in [0, 0.1) is 5.92 Å². The predicted octanol–water partition coefficient (Wildman–Crippen LogP) is 3.54. The van der Waals surface area contributed by atoms with Crippen LogP contribution in [0.25, 0.3) is 11.3 Å². The van der Waals surface area contributed by atoms with Gasteiger partial charge in [-0.25, -0.2) is 9.86 Å². The van der Waals surface area contributed by atoms with Crippen LogP contribution in [0.15, 0.2) is 65.1 Å². The highest BCUT2D eigenvalue weighted by molar-refractivity contribution is 5.96. The number of amides is 5. The van der Waals surface area contributed by atoms with Crippen molar-refractivity contribution in [1.29, 1.82) is 0 Å². The number of carboxylic acid groups (broad SMARTS) is 1. The van der Waals surface area contributed by atoms with E-state index in [1.807, 2.05) is 30.3 Å². The van der Waals surface area contributed by atoms with E-state index >= 15 is 0 Å². The van der Waals surface area contributed by atoms with Crippen LogP contribution in [-0.4, -0.2) is 73.8 Å². The first-order valence-corrected chi connectivity index (χ1v) is 15.2. The Labute approximate surface area is 272 Å². The quantitative estimate of drug-likeness (QED) is 0.0527. The summed E-state index contributed by atoms with van der Waals surface area (Å²) >= 11 is 0. The molecular weight excluding hydrogens is 610 g/mol. The first kappa shape index (κ1) is 36.1. The number of nitrogens with one attached hydrogen (secondary N) is 4. The fraction of sp³-hybridized carbons (Fsp3) is 0.364. The lowest BCUT2D eigenvalue weighted by atomic mass is 10.0. The molecule has 0 aliphatic carbocycles. The molecule has 0 saturated carbocycles.